The van der Waals surface area contributed by atoms with Crippen LogP contribution in [0.15, 0.2) is 0 Å². The Bertz CT molecular complexity index is 179. The molecule has 0 amide bonds. The van der Waals surface area contributed by atoms with E-state index in [4.69, 9.17) is 4.74 Å². The predicted molar refractivity (Wildman–Crippen MR) is 57.5 cm³/mol. The van der Waals surface area contributed by atoms with Gasteiger partial charge in [-0.3, -0.25) is 4.90 Å². The molecule has 0 bridgehead atoms. The molecule has 0 aromatic heterocycles. The van der Waals surface area contributed by atoms with Crippen LogP contribution < -0.4 is 5.32 Å². The average molecular weight is 198 g/mol. The second-order valence-electron chi connectivity index (χ2n) is 4.84. The Hall–Kier alpha value is -0.120. The van der Waals surface area contributed by atoms with E-state index in [9.17, 15) is 0 Å². The van der Waals surface area contributed by atoms with Crippen LogP contribution in [0.25, 0.3) is 0 Å². The molecule has 82 valence electrons. The molecule has 3 heteroatoms. The lowest BCUT2D eigenvalue weighted by Gasteiger charge is -2.51. The zero-order chi connectivity index (χ0) is 10.0. The van der Waals surface area contributed by atoms with Crippen LogP contribution in [0, 0.1) is 0 Å². The number of rotatable bonds is 1. The van der Waals surface area contributed by atoms with Crippen LogP contribution >= 0.6 is 0 Å². The monoisotopic (exact) mass is 198 g/mol. The third kappa shape index (κ3) is 1.81. The van der Waals surface area contributed by atoms with Crippen molar-refractivity contribution in [3.63, 3.8) is 0 Å². The highest BCUT2D eigenvalue weighted by Crippen LogP contribution is 2.28. The minimum absolute atomic E-state index is 0.296. The number of morpholine rings is 1. The molecule has 0 radical (unpaired) electrons. The van der Waals surface area contributed by atoms with Crippen molar-refractivity contribution < 1.29 is 4.74 Å². The Morgan fingerprint density at radius 1 is 1.43 bits per heavy atom. The van der Waals surface area contributed by atoms with Gasteiger partial charge in [-0.1, -0.05) is 0 Å². The molecule has 14 heavy (non-hydrogen) atoms. The maximum atomic E-state index is 5.66. The molecule has 0 aromatic carbocycles. The van der Waals surface area contributed by atoms with Crippen molar-refractivity contribution in [2.45, 2.75) is 38.3 Å². The highest BCUT2D eigenvalue weighted by atomic mass is 16.5. The quantitative estimate of drug-likeness (QED) is 0.676. The number of nitrogens with one attached hydrogen (secondary N) is 1. The molecular formula is C11H22N2O. The van der Waals surface area contributed by atoms with Gasteiger partial charge in [0, 0.05) is 19.1 Å². The summed E-state index contributed by atoms with van der Waals surface area (Å²) in [6.07, 6.45) is 2.57. The highest BCUT2D eigenvalue weighted by molar-refractivity contribution is 4.98. The van der Waals surface area contributed by atoms with Crippen molar-refractivity contribution in [3.8, 4) is 0 Å². The van der Waals surface area contributed by atoms with Crippen LogP contribution in [0.3, 0.4) is 0 Å². The molecule has 2 heterocycles. The Morgan fingerprint density at radius 2 is 2.29 bits per heavy atom. The third-order valence-corrected chi connectivity index (χ3v) is 3.53. The predicted octanol–water partition coefficient (Wildman–Crippen LogP) is 0.849. The maximum Gasteiger partial charge on any atom is 0.0663 e. The van der Waals surface area contributed by atoms with E-state index >= 15 is 0 Å². The summed E-state index contributed by atoms with van der Waals surface area (Å²) in [4.78, 5) is 2.63. The fourth-order valence-electron chi connectivity index (χ4n) is 2.87. The van der Waals surface area contributed by atoms with Gasteiger partial charge in [0.05, 0.1) is 18.8 Å². The summed E-state index contributed by atoms with van der Waals surface area (Å²) in [5.41, 5.74) is 0.296. The third-order valence-electron chi connectivity index (χ3n) is 3.53. The largest absolute Gasteiger partial charge is 0.378 e. The smallest absolute Gasteiger partial charge is 0.0663 e. The van der Waals surface area contributed by atoms with Gasteiger partial charge in [-0.2, -0.15) is 0 Å². The normalized spacial score (nSPS) is 35.4. The zero-order valence-corrected chi connectivity index (χ0v) is 9.38. The molecule has 2 fully saturated rings. The summed E-state index contributed by atoms with van der Waals surface area (Å²) in [7, 11) is 0. The van der Waals surface area contributed by atoms with E-state index in [0.717, 1.165) is 26.3 Å². The summed E-state index contributed by atoms with van der Waals surface area (Å²) in [5, 5.41) is 3.51. The van der Waals surface area contributed by atoms with Crippen LogP contribution in [0.1, 0.15) is 26.7 Å². The molecule has 0 saturated carbocycles. The van der Waals surface area contributed by atoms with Gasteiger partial charge in [-0.05, 0) is 33.2 Å². The van der Waals surface area contributed by atoms with Crippen LogP contribution in [-0.2, 0) is 4.74 Å². The average Bonchev–Trinajstić information content (AvgIpc) is 2.19. The van der Waals surface area contributed by atoms with E-state index in [1.54, 1.807) is 0 Å². The summed E-state index contributed by atoms with van der Waals surface area (Å²) >= 11 is 0. The lowest BCUT2D eigenvalue weighted by molar-refractivity contribution is -0.0922. The molecule has 1 spiro atoms. The van der Waals surface area contributed by atoms with Gasteiger partial charge in [-0.15, -0.1) is 0 Å². The summed E-state index contributed by atoms with van der Waals surface area (Å²) in [6, 6.07) is 0.638. The van der Waals surface area contributed by atoms with Crippen molar-refractivity contribution in [2.24, 2.45) is 0 Å². The summed E-state index contributed by atoms with van der Waals surface area (Å²) < 4.78 is 5.66. The summed E-state index contributed by atoms with van der Waals surface area (Å²) in [6.45, 7) is 9.78. The van der Waals surface area contributed by atoms with E-state index in [-0.39, 0.29) is 0 Å². The van der Waals surface area contributed by atoms with Gasteiger partial charge in [0.25, 0.3) is 0 Å². The molecule has 0 aromatic rings. The van der Waals surface area contributed by atoms with Gasteiger partial charge in [-0.25, -0.2) is 0 Å². The lowest BCUT2D eigenvalue weighted by Crippen LogP contribution is -2.65. The number of hydrogen-bond donors (Lipinski definition) is 1. The molecule has 1 N–H and O–H groups in total. The van der Waals surface area contributed by atoms with Gasteiger partial charge in [0.15, 0.2) is 0 Å². The Balaban J connectivity index is 2.10. The van der Waals surface area contributed by atoms with Gasteiger partial charge in [0.1, 0.15) is 0 Å². The minimum atomic E-state index is 0.296. The second-order valence-corrected chi connectivity index (χ2v) is 4.84. The molecule has 0 aliphatic carbocycles. The van der Waals surface area contributed by atoms with E-state index in [1.807, 2.05) is 0 Å². The highest BCUT2D eigenvalue weighted by Gasteiger charge is 2.41. The fourth-order valence-corrected chi connectivity index (χ4v) is 2.87. The first kappa shape index (κ1) is 10.4. The number of hydrogen-bond acceptors (Lipinski definition) is 3. The van der Waals surface area contributed by atoms with Gasteiger partial charge in [0.2, 0.25) is 0 Å². The van der Waals surface area contributed by atoms with Gasteiger partial charge >= 0.3 is 0 Å². The lowest BCUT2D eigenvalue weighted by atomic mass is 9.87. The molecule has 2 aliphatic heterocycles. The first-order chi connectivity index (χ1) is 6.75. The van der Waals surface area contributed by atoms with Crippen molar-refractivity contribution in [3.05, 3.63) is 0 Å². The van der Waals surface area contributed by atoms with Crippen molar-refractivity contribution in [2.75, 3.05) is 32.8 Å². The van der Waals surface area contributed by atoms with Crippen LogP contribution in [0.4, 0.5) is 0 Å². The SMILES string of the molecule is CC(C)N1CCOCC12CCCNC2. The molecule has 3 nitrogen and oxygen atoms in total. The molecule has 2 rings (SSSR count). The van der Waals surface area contributed by atoms with Crippen molar-refractivity contribution in [1.82, 2.24) is 10.2 Å². The fraction of sp³-hybridized carbons (Fsp3) is 1.00. The summed E-state index contributed by atoms with van der Waals surface area (Å²) in [5.74, 6) is 0. The minimum Gasteiger partial charge on any atom is -0.378 e. The van der Waals surface area contributed by atoms with E-state index in [2.05, 4.69) is 24.1 Å². The molecule has 1 unspecified atom stereocenters. The van der Waals surface area contributed by atoms with Crippen molar-refractivity contribution in [1.29, 1.82) is 0 Å². The van der Waals surface area contributed by atoms with Gasteiger partial charge < -0.3 is 10.1 Å². The number of nitrogens with zero attached hydrogens (tertiary/aromatic N) is 1. The molecule has 2 aliphatic rings. The number of ether oxygens (including phenoxy) is 1. The first-order valence-electron chi connectivity index (χ1n) is 5.80. The van der Waals surface area contributed by atoms with Crippen molar-refractivity contribution >= 4 is 0 Å². The Morgan fingerprint density at radius 3 is 2.93 bits per heavy atom. The molecule has 1 atom stereocenters. The topological polar surface area (TPSA) is 24.5 Å². The van der Waals surface area contributed by atoms with Crippen LogP contribution in [0.2, 0.25) is 0 Å². The number of piperidine rings is 1. The zero-order valence-electron chi connectivity index (χ0n) is 9.38. The molecule has 2 saturated heterocycles. The molecular weight excluding hydrogens is 176 g/mol. The van der Waals surface area contributed by atoms with E-state index in [1.165, 1.54) is 19.4 Å². The Labute approximate surface area is 86.8 Å². The van der Waals surface area contributed by atoms with Crippen LogP contribution in [-0.4, -0.2) is 49.3 Å². The van der Waals surface area contributed by atoms with E-state index < -0.39 is 0 Å². The second kappa shape index (κ2) is 4.17. The van der Waals surface area contributed by atoms with E-state index in [0.29, 0.717) is 11.6 Å². The standard InChI is InChI=1S/C11H22N2O/c1-10(2)13-6-7-14-9-11(13)4-3-5-12-8-11/h10,12H,3-9H2,1-2H3. The van der Waals surface area contributed by atoms with Crippen LogP contribution in [0.5, 0.6) is 0 Å². The Kier molecular flexibility index (Phi) is 3.10. The first-order valence-corrected chi connectivity index (χ1v) is 5.80. The maximum absolute atomic E-state index is 5.66.